The third-order valence-electron chi connectivity index (χ3n) is 8.00. The molecule has 1 rings (SSSR count). The minimum Gasteiger partial charge on any atom is -0.396 e. The van der Waals surface area contributed by atoms with Crippen molar-refractivity contribution >= 4 is 5.91 Å². The van der Waals surface area contributed by atoms with E-state index >= 15 is 0 Å². The van der Waals surface area contributed by atoms with Crippen molar-refractivity contribution in [2.24, 2.45) is 11.3 Å². The molecule has 0 radical (unpaired) electrons. The number of nitrogens with one attached hydrogen (secondary N) is 1. The van der Waals surface area contributed by atoms with E-state index in [1.807, 2.05) is 0 Å². The molecule has 6 N–H and O–H groups in total. The van der Waals surface area contributed by atoms with Crippen LogP contribution in [0.2, 0.25) is 0 Å². The SMILES string of the molecule is CC1C(OCCCC(=O)NCCCCCCCCOCCCC(C)(CCCO)CCCO)OC(CO)C(O)C1O. The fourth-order valence-electron chi connectivity index (χ4n) is 5.29. The summed E-state index contributed by atoms with van der Waals surface area (Å²) in [5, 5.41) is 50.4. The summed E-state index contributed by atoms with van der Waals surface area (Å²) in [6, 6.07) is 0. The lowest BCUT2D eigenvalue weighted by Crippen LogP contribution is -2.55. The number of carbonyl (C=O) groups is 1. The van der Waals surface area contributed by atoms with Crippen molar-refractivity contribution in [2.45, 2.75) is 128 Å². The molecule has 10 nitrogen and oxygen atoms in total. The number of ether oxygens (including phenoxy) is 3. The molecule has 1 amide bonds. The second-order valence-corrected chi connectivity index (χ2v) is 11.7. The van der Waals surface area contributed by atoms with Gasteiger partial charge in [-0.2, -0.15) is 0 Å². The van der Waals surface area contributed by atoms with E-state index in [9.17, 15) is 20.1 Å². The molecule has 1 aliphatic heterocycles. The Morgan fingerprint density at radius 2 is 1.40 bits per heavy atom. The Labute approximate surface area is 241 Å². The lowest BCUT2D eigenvalue weighted by atomic mass is 9.77. The van der Waals surface area contributed by atoms with Gasteiger partial charge in [-0.05, 0) is 63.2 Å². The average molecular weight is 578 g/mol. The summed E-state index contributed by atoms with van der Waals surface area (Å²) in [5.41, 5.74) is 0.175. The predicted octanol–water partition coefficient (Wildman–Crippen LogP) is 2.66. The average Bonchev–Trinajstić information content (AvgIpc) is 2.95. The molecule has 0 saturated carbocycles. The molecule has 5 unspecified atom stereocenters. The zero-order valence-corrected chi connectivity index (χ0v) is 25.1. The number of carbonyl (C=O) groups excluding carboxylic acids is 1. The summed E-state index contributed by atoms with van der Waals surface area (Å²) in [6.45, 7) is 6.54. The van der Waals surface area contributed by atoms with Gasteiger partial charge < -0.3 is 45.1 Å². The van der Waals surface area contributed by atoms with Crippen molar-refractivity contribution in [1.82, 2.24) is 5.32 Å². The van der Waals surface area contributed by atoms with Crippen LogP contribution in [0.25, 0.3) is 0 Å². The first-order valence-electron chi connectivity index (χ1n) is 15.6. The van der Waals surface area contributed by atoms with E-state index in [1.165, 1.54) is 6.42 Å². The van der Waals surface area contributed by atoms with Crippen molar-refractivity contribution in [3.05, 3.63) is 0 Å². The van der Waals surface area contributed by atoms with E-state index in [-0.39, 0.29) is 24.5 Å². The fraction of sp³-hybridized carbons (Fsp3) is 0.967. The predicted molar refractivity (Wildman–Crippen MR) is 154 cm³/mol. The summed E-state index contributed by atoms with van der Waals surface area (Å²) in [4.78, 5) is 12.0. The largest absolute Gasteiger partial charge is 0.396 e. The van der Waals surface area contributed by atoms with E-state index in [0.29, 0.717) is 26.0 Å². The molecule has 10 heteroatoms. The number of hydrogen-bond donors (Lipinski definition) is 6. The molecule has 1 heterocycles. The van der Waals surface area contributed by atoms with Crippen LogP contribution in [-0.4, -0.2) is 102 Å². The highest BCUT2D eigenvalue weighted by Crippen LogP contribution is 2.34. The first-order chi connectivity index (χ1) is 19.3. The molecule has 40 heavy (non-hydrogen) atoms. The van der Waals surface area contributed by atoms with Gasteiger partial charge >= 0.3 is 0 Å². The van der Waals surface area contributed by atoms with Crippen molar-refractivity contribution in [3.8, 4) is 0 Å². The Kier molecular flexibility index (Phi) is 21.1. The summed E-state index contributed by atoms with van der Waals surface area (Å²) in [6.07, 6.45) is 9.35. The molecule has 238 valence electrons. The summed E-state index contributed by atoms with van der Waals surface area (Å²) < 4.78 is 17.0. The standard InChI is InChI=1S/C30H59NO9/c1-24-27(36)28(37)25(23-34)40-29(24)39-22-9-13-26(35)31-17-7-5-3-4-6-8-20-38-21-12-16-30(2,14-10-18-32)15-11-19-33/h24-25,27-29,32-34,36-37H,3-23H2,1-2H3,(H,31,35). The first kappa shape index (κ1) is 37.2. The molecule has 0 bridgehead atoms. The van der Waals surface area contributed by atoms with Crippen LogP contribution < -0.4 is 5.32 Å². The molecule has 1 aliphatic rings. The van der Waals surface area contributed by atoms with Crippen molar-refractivity contribution in [3.63, 3.8) is 0 Å². The lowest BCUT2D eigenvalue weighted by molar-refractivity contribution is -0.282. The molecule has 0 aliphatic carbocycles. The number of aliphatic hydroxyl groups is 5. The van der Waals surface area contributed by atoms with Crippen molar-refractivity contribution in [1.29, 1.82) is 0 Å². The Balaban J connectivity index is 1.94. The number of aliphatic hydroxyl groups excluding tert-OH is 5. The zero-order valence-electron chi connectivity index (χ0n) is 25.1. The van der Waals surface area contributed by atoms with Crippen LogP contribution in [0.4, 0.5) is 0 Å². The molecular formula is C30H59NO9. The van der Waals surface area contributed by atoms with Crippen LogP contribution in [0.1, 0.15) is 104 Å². The van der Waals surface area contributed by atoms with Crippen molar-refractivity contribution in [2.75, 3.05) is 46.2 Å². The van der Waals surface area contributed by atoms with E-state index in [1.54, 1.807) is 6.92 Å². The number of hydrogen-bond acceptors (Lipinski definition) is 9. The summed E-state index contributed by atoms with van der Waals surface area (Å²) >= 11 is 0. The minimum absolute atomic E-state index is 0.0100. The maximum absolute atomic E-state index is 12.0. The highest BCUT2D eigenvalue weighted by atomic mass is 16.7. The quantitative estimate of drug-likeness (QED) is 0.0898. The van der Waals surface area contributed by atoms with Crippen LogP contribution >= 0.6 is 0 Å². The van der Waals surface area contributed by atoms with Gasteiger partial charge in [0, 0.05) is 45.3 Å². The van der Waals surface area contributed by atoms with Crippen LogP contribution in [0.5, 0.6) is 0 Å². The normalized spacial score (nSPS) is 23.4. The van der Waals surface area contributed by atoms with Crippen LogP contribution in [0.3, 0.4) is 0 Å². The third-order valence-corrected chi connectivity index (χ3v) is 8.00. The number of amides is 1. The highest BCUT2D eigenvalue weighted by molar-refractivity contribution is 5.75. The van der Waals surface area contributed by atoms with E-state index < -0.39 is 37.1 Å². The first-order valence-corrected chi connectivity index (χ1v) is 15.6. The maximum atomic E-state index is 12.0. The topological polar surface area (TPSA) is 158 Å². The van der Waals surface area contributed by atoms with Gasteiger partial charge in [0.1, 0.15) is 12.2 Å². The maximum Gasteiger partial charge on any atom is 0.220 e. The molecule has 0 aromatic rings. The van der Waals surface area contributed by atoms with E-state index in [0.717, 1.165) is 83.8 Å². The van der Waals surface area contributed by atoms with Gasteiger partial charge in [-0.1, -0.05) is 39.5 Å². The number of unbranched alkanes of at least 4 members (excludes halogenated alkanes) is 5. The molecule has 0 aromatic heterocycles. The zero-order chi connectivity index (χ0) is 29.6. The monoisotopic (exact) mass is 577 g/mol. The minimum atomic E-state index is -1.14. The van der Waals surface area contributed by atoms with Gasteiger partial charge in [0.25, 0.3) is 0 Å². The van der Waals surface area contributed by atoms with Crippen LogP contribution in [-0.2, 0) is 19.0 Å². The van der Waals surface area contributed by atoms with E-state index in [4.69, 9.17) is 24.4 Å². The molecule has 0 spiro atoms. The second kappa shape index (κ2) is 22.7. The Bertz CT molecular complexity index is 614. The van der Waals surface area contributed by atoms with Gasteiger partial charge in [0.2, 0.25) is 5.91 Å². The molecule has 1 fully saturated rings. The lowest BCUT2D eigenvalue weighted by Gasteiger charge is -2.40. The smallest absolute Gasteiger partial charge is 0.220 e. The highest BCUT2D eigenvalue weighted by Gasteiger charge is 2.42. The van der Waals surface area contributed by atoms with Gasteiger partial charge in [0.05, 0.1) is 19.3 Å². The van der Waals surface area contributed by atoms with Gasteiger partial charge in [-0.15, -0.1) is 0 Å². The van der Waals surface area contributed by atoms with Crippen LogP contribution in [0, 0.1) is 11.3 Å². The molecule has 0 aromatic carbocycles. The summed E-state index contributed by atoms with van der Waals surface area (Å²) in [7, 11) is 0. The molecular weight excluding hydrogens is 518 g/mol. The second-order valence-electron chi connectivity index (χ2n) is 11.7. The van der Waals surface area contributed by atoms with Gasteiger partial charge in [0.15, 0.2) is 6.29 Å². The molecule has 1 saturated heterocycles. The fourth-order valence-corrected chi connectivity index (χ4v) is 5.29. The van der Waals surface area contributed by atoms with E-state index in [2.05, 4.69) is 12.2 Å². The Hall–Kier alpha value is -0.850. The van der Waals surface area contributed by atoms with Crippen LogP contribution in [0.15, 0.2) is 0 Å². The Morgan fingerprint density at radius 3 is 2.05 bits per heavy atom. The van der Waals surface area contributed by atoms with Crippen molar-refractivity contribution < 1.29 is 44.5 Å². The van der Waals surface area contributed by atoms with Gasteiger partial charge in [-0.3, -0.25) is 4.79 Å². The summed E-state index contributed by atoms with van der Waals surface area (Å²) in [5.74, 6) is -0.443. The van der Waals surface area contributed by atoms with Gasteiger partial charge in [-0.25, -0.2) is 0 Å². The molecule has 5 atom stereocenters. The number of rotatable bonds is 25. The third kappa shape index (κ3) is 16.0. The Morgan fingerprint density at radius 1 is 0.800 bits per heavy atom.